The molecule has 1 aromatic carbocycles. The highest BCUT2D eigenvalue weighted by atomic mass is 16.7. The standard InChI is InChI=1S/C10H14N2O2/c1-2-11-10(13)14-12-8-9-6-4-3-5-7-9/h3-7,12H,2,8H2,1H3,(H,11,13). The lowest BCUT2D eigenvalue weighted by Crippen LogP contribution is -2.29. The lowest BCUT2D eigenvalue weighted by molar-refractivity contribution is 0.0869. The zero-order valence-corrected chi connectivity index (χ0v) is 8.12. The summed E-state index contributed by atoms with van der Waals surface area (Å²) in [6.07, 6.45) is -0.455. The molecule has 1 amide bonds. The van der Waals surface area contributed by atoms with Crippen LogP contribution in [-0.4, -0.2) is 12.6 Å². The predicted molar refractivity (Wildman–Crippen MR) is 53.4 cm³/mol. The maximum atomic E-state index is 10.8. The van der Waals surface area contributed by atoms with Gasteiger partial charge < -0.3 is 10.2 Å². The van der Waals surface area contributed by atoms with E-state index in [1.54, 1.807) is 0 Å². The van der Waals surface area contributed by atoms with E-state index in [4.69, 9.17) is 0 Å². The Kier molecular flexibility index (Phi) is 4.50. The van der Waals surface area contributed by atoms with Crippen molar-refractivity contribution in [2.24, 2.45) is 0 Å². The Morgan fingerprint density at radius 2 is 2.07 bits per heavy atom. The minimum atomic E-state index is -0.455. The van der Waals surface area contributed by atoms with E-state index < -0.39 is 6.09 Å². The van der Waals surface area contributed by atoms with Gasteiger partial charge in [0.05, 0.1) is 6.54 Å². The van der Waals surface area contributed by atoms with Gasteiger partial charge in [-0.1, -0.05) is 30.3 Å². The molecule has 0 aliphatic heterocycles. The van der Waals surface area contributed by atoms with Gasteiger partial charge in [0, 0.05) is 6.54 Å². The van der Waals surface area contributed by atoms with E-state index >= 15 is 0 Å². The molecule has 0 saturated carbocycles. The first kappa shape index (κ1) is 10.5. The minimum absolute atomic E-state index is 0.455. The van der Waals surface area contributed by atoms with Gasteiger partial charge in [-0.05, 0) is 12.5 Å². The maximum Gasteiger partial charge on any atom is 0.426 e. The van der Waals surface area contributed by atoms with Crippen molar-refractivity contribution in [1.29, 1.82) is 0 Å². The molecule has 0 heterocycles. The molecule has 1 rings (SSSR count). The largest absolute Gasteiger partial charge is 0.426 e. The van der Waals surface area contributed by atoms with Gasteiger partial charge in [-0.15, -0.1) is 5.48 Å². The average Bonchev–Trinajstić information content (AvgIpc) is 2.20. The Labute approximate surface area is 83.2 Å². The highest BCUT2D eigenvalue weighted by Crippen LogP contribution is 1.96. The van der Waals surface area contributed by atoms with E-state index in [2.05, 4.69) is 15.6 Å². The van der Waals surface area contributed by atoms with Crippen LogP contribution >= 0.6 is 0 Å². The smallest absolute Gasteiger partial charge is 0.354 e. The molecule has 0 spiro atoms. The summed E-state index contributed by atoms with van der Waals surface area (Å²) in [6.45, 7) is 2.91. The monoisotopic (exact) mass is 194 g/mol. The van der Waals surface area contributed by atoms with Crippen molar-refractivity contribution >= 4 is 6.09 Å². The van der Waals surface area contributed by atoms with Crippen LogP contribution in [0.4, 0.5) is 4.79 Å². The molecular weight excluding hydrogens is 180 g/mol. The zero-order valence-electron chi connectivity index (χ0n) is 8.12. The van der Waals surface area contributed by atoms with E-state index in [-0.39, 0.29) is 0 Å². The fourth-order valence-electron chi connectivity index (χ4n) is 0.961. The van der Waals surface area contributed by atoms with Gasteiger partial charge in [0.25, 0.3) is 0 Å². The Hall–Kier alpha value is -1.55. The summed E-state index contributed by atoms with van der Waals surface area (Å²) in [5, 5.41) is 2.51. The van der Waals surface area contributed by atoms with E-state index in [1.165, 1.54) is 0 Å². The molecule has 14 heavy (non-hydrogen) atoms. The second kappa shape index (κ2) is 5.99. The topological polar surface area (TPSA) is 50.4 Å². The van der Waals surface area contributed by atoms with Crippen LogP contribution < -0.4 is 10.8 Å². The maximum absolute atomic E-state index is 10.8. The summed E-state index contributed by atoms with van der Waals surface area (Å²) in [6, 6.07) is 9.71. The Balaban J connectivity index is 2.19. The number of carbonyl (C=O) groups excluding carboxylic acids is 1. The molecule has 0 aliphatic carbocycles. The van der Waals surface area contributed by atoms with Crippen molar-refractivity contribution in [3.8, 4) is 0 Å². The average molecular weight is 194 g/mol. The summed E-state index contributed by atoms with van der Waals surface area (Å²) in [5.41, 5.74) is 3.64. The molecule has 0 fully saturated rings. The fraction of sp³-hybridized carbons (Fsp3) is 0.300. The third kappa shape index (κ3) is 3.91. The molecule has 0 aliphatic rings. The molecule has 4 nitrogen and oxygen atoms in total. The number of carbonyl (C=O) groups is 1. The molecule has 0 saturated heterocycles. The van der Waals surface area contributed by atoms with Crippen LogP contribution in [0.25, 0.3) is 0 Å². The van der Waals surface area contributed by atoms with Crippen LogP contribution in [0.1, 0.15) is 12.5 Å². The Morgan fingerprint density at radius 1 is 1.36 bits per heavy atom. The normalized spacial score (nSPS) is 9.50. The molecule has 0 radical (unpaired) electrons. The highest BCUT2D eigenvalue weighted by Gasteiger charge is 1.98. The number of hydrogen-bond donors (Lipinski definition) is 2. The lowest BCUT2D eigenvalue weighted by atomic mass is 10.2. The van der Waals surface area contributed by atoms with E-state index in [0.717, 1.165) is 5.56 Å². The quantitative estimate of drug-likeness (QED) is 0.713. The SMILES string of the molecule is CCNC(=O)ONCc1ccccc1. The molecule has 4 heteroatoms. The summed E-state index contributed by atoms with van der Waals surface area (Å²) in [5.74, 6) is 0. The van der Waals surface area contributed by atoms with Crippen LogP contribution in [0, 0.1) is 0 Å². The van der Waals surface area contributed by atoms with Gasteiger partial charge in [-0.2, -0.15) is 0 Å². The summed E-state index contributed by atoms with van der Waals surface area (Å²) in [4.78, 5) is 15.5. The molecule has 1 aromatic rings. The van der Waals surface area contributed by atoms with Crippen LogP contribution in [0.15, 0.2) is 30.3 Å². The minimum Gasteiger partial charge on any atom is -0.354 e. The number of hydroxylamine groups is 1. The fourth-order valence-corrected chi connectivity index (χ4v) is 0.961. The molecule has 0 atom stereocenters. The van der Waals surface area contributed by atoms with Gasteiger partial charge >= 0.3 is 6.09 Å². The molecule has 76 valence electrons. The van der Waals surface area contributed by atoms with Gasteiger partial charge in [-0.25, -0.2) is 4.79 Å². The third-order valence-electron chi connectivity index (χ3n) is 1.61. The predicted octanol–water partition coefficient (Wildman–Crippen LogP) is 1.44. The highest BCUT2D eigenvalue weighted by molar-refractivity contribution is 5.66. The van der Waals surface area contributed by atoms with Gasteiger partial charge in [0.15, 0.2) is 0 Å². The Bertz CT molecular complexity index is 275. The van der Waals surface area contributed by atoms with Gasteiger partial charge in [0.1, 0.15) is 0 Å². The number of hydrogen-bond acceptors (Lipinski definition) is 3. The third-order valence-corrected chi connectivity index (χ3v) is 1.61. The van der Waals surface area contributed by atoms with Crippen molar-refractivity contribution in [3.63, 3.8) is 0 Å². The number of benzene rings is 1. The van der Waals surface area contributed by atoms with E-state index in [0.29, 0.717) is 13.1 Å². The van der Waals surface area contributed by atoms with Crippen LogP contribution in [0.5, 0.6) is 0 Å². The second-order valence-corrected chi connectivity index (χ2v) is 2.73. The Morgan fingerprint density at radius 3 is 2.71 bits per heavy atom. The number of rotatable bonds is 4. The first-order valence-electron chi connectivity index (χ1n) is 4.54. The van der Waals surface area contributed by atoms with Crippen LogP contribution in [0.2, 0.25) is 0 Å². The van der Waals surface area contributed by atoms with E-state index in [1.807, 2.05) is 37.3 Å². The number of amides is 1. The van der Waals surface area contributed by atoms with Crippen molar-refractivity contribution in [2.45, 2.75) is 13.5 Å². The van der Waals surface area contributed by atoms with Gasteiger partial charge in [-0.3, -0.25) is 0 Å². The van der Waals surface area contributed by atoms with Crippen molar-refractivity contribution in [2.75, 3.05) is 6.54 Å². The zero-order chi connectivity index (χ0) is 10.2. The number of nitrogens with one attached hydrogen (secondary N) is 2. The molecular formula is C10H14N2O2. The molecule has 0 aromatic heterocycles. The lowest BCUT2D eigenvalue weighted by Gasteiger charge is -2.05. The summed E-state index contributed by atoms with van der Waals surface area (Å²) in [7, 11) is 0. The molecule has 0 bridgehead atoms. The van der Waals surface area contributed by atoms with Crippen LogP contribution in [0.3, 0.4) is 0 Å². The van der Waals surface area contributed by atoms with Crippen LogP contribution in [-0.2, 0) is 11.4 Å². The van der Waals surface area contributed by atoms with E-state index in [9.17, 15) is 4.79 Å². The van der Waals surface area contributed by atoms with Gasteiger partial charge in [0.2, 0.25) is 0 Å². The van der Waals surface area contributed by atoms with Crippen molar-refractivity contribution < 1.29 is 9.63 Å². The van der Waals surface area contributed by atoms with Crippen molar-refractivity contribution in [3.05, 3.63) is 35.9 Å². The first-order chi connectivity index (χ1) is 6.83. The summed E-state index contributed by atoms with van der Waals surface area (Å²) >= 11 is 0. The molecule has 2 N–H and O–H groups in total. The first-order valence-corrected chi connectivity index (χ1v) is 4.54. The summed E-state index contributed by atoms with van der Waals surface area (Å²) < 4.78 is 0. The second-order valence-electron chi connectivity index (χ2n) is 2.73. The van der Waals surface area contributed by atoms with Crippen molar-refractivity contribution in [1.82, 2.24) is 10.8 Å². The molecule has 0 unspecified atom stereocenters.